The molecule has 30 heavy (non-hydrogen) atoms. The molecule has 3 rings (SSSR count). The van der Waals surface area contributed by atoms with E-state index in [1.807, 2.05) is 45.2 Å². The maximum Gasteiger partial charge on any atom is 0.410 e. The number of aromatic nitrogens is 1. The van der Waals surface area contributed by atoms with Crippen LogP contribution in [-0.4, -0.2) is 59.9 Å². The lowest BCUT2D eigenvalue weighted by atomic mass is 10.2. The third kappa shape index (κ3) is 5.38. The number of nitrogen functional groups attached to an aromatic ring is 1. The van der Waals surface area contributed by atoms with Crippen LogP contribution in [0.5, 0.6) is 0 Å². The van der Waals surface area contributed by atoms with E-state index < -0.39 is 11.5 Å². The molecule has 9 nitrogen and oxygen atoms in total. The summed E-state index contributed by atoms with van der Waals surface area (Å²) in [6.07, 6.45) is 2.88. The van der Waals surface area contributed by atoms with Crippen LogP contribution in [0.2, 0.25) is 0 Å². The van der Waals surface area contributed by atoms with E-state index in [1.165, 1.54) is 18.0 Å². The van der Waals surface area contributed by atoms with Crippen molar-refractivity contribution in [2.45, 2.75) is 31.3 Å². The molecule has 2 heterocycles. The Labute approximate surface area is 179 Å². The molecular formula is C20H27N5O4S. The van der Waals surface area contributed by atoms with Gasteiger partial charge in [-0.1, -0.05) is 0 Å². The van der Waals surface area contributed by atoms with Gasteiger partial charge in [-0.15, -0.1) is 11.8 Å². The highest BCUT2D eigenvalue weighted by molar-refractivity contribution is 7.98. The Hall–Kier alpha value is -2.88. The monoisotopic (exact) mass is 433 g/mol. The van der Waals surface area contributed by atoms with Crippen molar-refractivity contribution in [2.75, 3.05) is 48.4 Å². The SMILES string of the molecule is CSc1ccc(N2CCN(C(=O)OC(C)(C)C)CC2)cc1NC(=O)c1coc(N)n1. The van der Waals surface area contributed by atoms with Gasteiger partial charge in [-0.2, -0.15) is 4.98 Å². The first kappa shape index (κ1) is 21.8. The molecule has 1 aliphatic heterocycles. The molecule has 0 radical (unpaired) electrons. The van der Waals surface area contributed by atoms with Crippen LogP contribution in [0.1, 0.15) is 31.3 Å². The fourth-order valence-corrected chi connectivity index (χ4v) is 3.58. The number of piperazine rings is 1. The van der Waals surface area contributed by atoms with Crippen LogP contribution in [0.4, 0.5) is 22.2 Å². The van der Waals surface area contributed by atoms with Gasteiger partial charge in [-0.3, -0.25) is 4.79 Å². The molecule has 0 unspecified atom stereocenters. The maximum atomic E-state index is 12.4. The van der Waals surface area contributed by atoms with E-state index in [0.29, 0.717) is 31.9 Å². The summed E-state index contributed by atoms with van der Waals surface area (Å²) in [5.41, 5.74) is 6.71. The molecule has 1 aromatic heterocycles. The normalized spacial score (nSPS) is 14.5. The zero-order chi connectivity index (χ0) is 21.9. The van der Waals surface area contributed by atoms with Gasteiger partial charge in [0.2, 0.25) is 0 Å². The summed E-state index contributed by atoms with van der Waals surface area (Å²) in [6, 6.07) is 5.85. The number of hydrogen-bond acceptors (Lipinski definition) is 8. The van der Waals surface area contributed by atoms with Crippen molar-refractivity contribution in [2.24, 2.45) is 0 Å². The van der Waals surface area contributed by atoms with E-state index in [9.17, 15) is 9.59 Å². The number of ether oxygens (including phenoxy) is 1. The van der Waals surface area contributed by atoms with Crippen LogP contribution in [-0.2, 0) is 4.74 Å². The highest BCUT2D eigenvalue weighted by Crippen LogP contribution is 2.31. The topological polar surface area (TPSA) is 114 Å². The van der Waals surface area contributed by atoms with Crippen molar-refractivity contribution in [3.63, 3.8) is 0 Å². The summed E-state index contributed by atoms with van der Waals surface area (Å²) in [7, 11) is 0. The van der Waals surface area contributed by atoms with Crippen LogP contribution in [0.15, 0.2) is 33.8 Å². The molecule has 2 aromatic rings. The smallest absolute Gasteiger partial charge is 0.410 e. The molecule has 1 saturated heterocycles. The van der Waals surface area contributed by atoms with Crippen LogP contribution in [0.25, 0.3) is 0 Å². The largest absolute Gasteiger partial charge is 0.444 e. The van der Waals surface area contributed by atoms with Crippen molar-refractivity contribution in [3.05, 3.63) is 30.2 Å². The van der Waals surface area contributed by atoms with E-state index in [2.05, 4.69) is 15.2 Å². The van der Waals surface area contributed by atoms with Gasteiger partial charge in [0.05, 0.1) is 5.69 Å². The number of carbonyl (C=O) groups excluding carboxylic acids is 2. The molecule has 2 amide bonds. The summed E-state index contributed by atoms with van der Waals surface area (Å²) in [5.74, 6) is -0.391. The van der Waals surface area contributed by atoms with Crippen LogP contribution in [0.3, 0.4) is 0 Å². The summed E-state index contributed by atoms with van der Waals surface area (Å²) in [5, 5.41) is 2.87. The van der Waals surface area contributed by atoms with Gasteiger partial charge < -0.3 is 30.0 Å². The van der Waals surface area contributed by atoms with Crippen LogP contribution < -0.4 is 16.0 Å². The minimum absolute atomic E-state index is 0.0538. The van der Waals surface area contributed by atoms with Crippen molar-refractivity contribution in [1.82, 2.24) is 9.88 Å². The Morgan fingerprint density at radius 1 is 1.23 bits per heavy atom. The van der Waals surface area contributed by atoms with Gasteiger partial charge in [0.15, 0.2) is 5.69 Å². The molecule has 10 heteroatoms. The predicted molar refractivity (Wildman–Crippen MR) is 117 cm³/mol. The molecule has 0 aliphatic carbocycles. The second kappa shape index (κ2) is 8.86. The quantitative estimate of drug-likeness (QED) is 0.706. The zero-order valence-corrected chi connectivity index (χ0v) is 18.4. The third-order valence-corrected chi connectivity index (χ3v) is 5.28. The number of nitrogens with two attached hydrogens (primary N) is 1. The van der Waals surface area contributed by atoms with Gasteiger partial charge in [0, 0.05) is 36.8 Å². The third-order valence-electron chi connectivity index (χ3n) is 4.48. The molecule has 0 saturated carbocycles. The molecule has 162 valence electrons. The molecule has 0 bridgehead atoms. The molecular weight excluding hydrogens is 406 g/mol. The number of rotatable bonds is 4. The van der Waals surface area contributed by atoms with E-state index in [0.717, 1.165) is 10.6 Å². The minimum Gasteiger partial charge on any atom is -0.444 e. The standard InChI is InChI=1S/C20H27N5O4S/c1-20(2,3)29-19(27)25-9-7-24(8-10-25)13-5-6-16(30-4)14(11-13)22-17(26)15-12-28-18(21)23-15/h5-6,11-12H,7-10H2,1-4H3,(H2,21,23)(H,22,26). The Morgan fingerprint density at radius 3 is 2.50 bits per heavy atom. The summed E-state index contributed by atoms with van der Waals surface area (Å²) in [6.45, 7) is 8.06. The van der Waals surface area contributed by atoms with Gasteiger partial charge in [-0.25, -0.2) is 4.79 Å². The Bertz CT molecular complexity index is 916. The number of oxazole rings is 1. The summed E-state index contributed by atoms with van der Waals surface area (Å²) < 4.78 is 10.4. The second-order valence-electron chi connectivity index (χ2n) is 7.86. The highest BCUT2D eigenvalue weighted by Gasteiger charge is 2.26. The van der Waals surface area contributed by atoms with E-state index >= 15 is 0 Å². The van der Waals surface area contributed by atoms with Gasteiger partial charge in [0.25, 0.3) is 11.9 Å². The van der Waals surface area contributed by atoms with Crippen LogP contribution in [0, 0.1) is 0 Å². The molecule has 1 aromatic carbocycles. The molecule has 1 fully saturated rings. The van der Waals surface area contributed by atoms with E-state index in [-0.39, 0.29) is 17.8 Å². The first-order chi connectivity index (χ1) is 14.2. The Kier molecular flexibility index (Phi) is 6.45. The second-order valence-corrected chi connectivity index (χ2v) is 8.71. The minimum atomic E-state index is -0.510. The summed E-state index contributed by atoms with van der Waals surface area (Å²) in [4.78, 5) is 33.4. The van der Waals surface area contributed by atoms with Crippen molar-refractivity contribution < 1.29 is 18.7 Å². The zero-order valence-electron chi connectivity index (χ0n) is 17.6. The lowest BCUT2D eigenvalue weighted by Gasteiger charge is -2.37. The van der Waals surface area contributed by atoms with Gasteiger partial charge in [0.1, 0.15) is 11.9 Å². The first-order valence-electron chi connectivity index (χ1n) is 9.59. The van der Waals surface area contributed by atoms with E-state index in [4.69, 9.17) is 14.9 Å². The van der Waals surface area contributed by atoms with Crippen molar-refractivity contribution in [3.8, 4) is 0 Å². The lowest BCUT2D eigenvalue weighted by molar-refractivity contribution is 0.0240. The Morgan fingerprint density at radius 2 is 1.93 bits per heavy atom. The predicted octanol–water partition coefficient (Wildman–Crippen LogP) is 3.29. The average molecular weight is 434 g/mol. The number of hydrogen-bond donors (Lipinski definition) is 2. The Balaban J connectivity index is 1.68. The number of benzene rings is 1. The van der Waals surface area contributed by atoms with Crippen molar-refractivity contribution >= 4 is 41.2 Å². The maximum absolute atomic E-state index is 12.4. The van der Waals surface area contributed by atoms with E-state index in [1.54, 1.807) is 4.90 Å². The number of amides is 2. The average Bonchev–Trinajstić information content (AvgIpc) is 3.13. The number of nitrogens with one attached hydrogen (secondary N) is 1. The number of carbonyl (C=O) groups is 2. The lowest BCUT2D eigenvalue weighted by Crippen LogP contribution is -2.50. The van der Waals surface area contributed by atoms with Crippen molar-refractivity contribution in [1.29, 1.82) is 0 Å². The van der Waals surface area contributed by atoms with Gasteiger partial charge in [-0.05, 0) is 45.2 Å². The first-order valence-corrected chi connectivity index (χ1v) is 10.8. The van der Waals surface area contributed by atoms with Gasteiger partial charge >= 0.3 is 6.09 Å². The fourth-order valence-electron chi connectivity index (χ4n) is 3.04. The molecule has 0 spiro atoms. The number of anilines is 3. The fraction of sp³-hybridized carbons (Fsp3) is 0.450. The molecule has 3 N–H and O–H groups in total. The number of nitrogens with zero attached hydrogens (tertiary/aromatic N) is 3. The molecule has 0 atom stereocenters. The number of thioether (sulfide) groups is 1. The molecule has 1 aliphatic rings. The van der Waals surface area contributed by atoms with Crippen LogP contribution >= 0.6 is 11.8 Å². The summed E-state index contributed by atoms with van der Waals surface area (Å²) >= 11 is 1.53. The highest BCUT2D eigenvalue weighted by atomic mass is 32.2.